The number of allylic oxidation sites excluding steroid dienone is 1. The molecule has 0 aromatic carbocycles. The van der Waals surface area contributed by atoms with Gasteiger partial charge >= 0.3 is 0 Å². The van der Waals surface area contributed by atoms with E-state index < -0.39 is 0 Å². The topological polar surface area (TPSA) is 28.5 Å². The van der Waals surface area contributed by atoms with Gasteiger partial charge in [-0.1, -0.05) is 17.8 Å². The molecule has 3 nitrogen and oxygen atoms in total. The SMILES string of the molecule is ClCC1=CSC2=Nc3ncccc3CN12. The Hall–Kier alpha value is -1.00. The van der Waals surface area contributed by atoms with Crippen molar-refractivity contribution in [3.63, 3.8) is 0 Å². The summed E-state index contributed by atoms with van der Waals surface area (Å²) in [6.45, 7) is 0.827. The molecule has 0 saturated carbocycles. The number of thioether (sulfide) groups is 1. The van der Waals surface area contributed by atoms with Crippen molar-refractivity contribution >= 4 is 34.3 Å². The van der Waals surface area contributed by atoms with Crippen LogP contribution in [0, 0.1) is 0 Å². The zero-order valence-corrected chi connectivity index (χ0v) is 9.42. The van der Waals surface area contributed by atoms with E-state index in [2.05, 4.69) is 26.4 Å². The van der Waals surface area contributed by atoms with Gasteiger partial charge in [-0.3, -0.25) is 0 Å². The minimum atomic E-state index is 0.529. The van der Waals surface area contributed by atoms with Crippen molar-refractivity contribution in [2.45, 2.75) is 6.54 Å². The van der Waals surface area contributed by atoms with Gasteiger partial charge in [0.1, 0.15) is 0 Å². The maximum absolute atomic E-state index is 5.86. The Morgan fingerprint density at radius 1 is 1.53 bits per heavy atom. The fourth-order valence-corrected chi connectivity index (χ4v) is 2.86. The number of rotatable bonds is 1. The smallest absolute Gasteiger partial charge is 0.175 e. The predicted octanol–water partition coefficient (Wildman–Crippen LogP) is 2.71. The van der Waals surface area contributed by atoms with Gasteiger partial charge in [0, 0.05) is 17.5 Å². The molecule has 0 aliphatic carbocycles. The number of hydrogen-bond donors (Lipinski definition) is 0. The summed E-state index contributed by atoms with van der Waals surface area (Å²) in [4.78, 5) is 10.9. The van der Waals surface area contributed by atoms with E-state index in [1.807, 2.05) is 6.07 Å². The third kappa shape index (κ3) is 1.44. The first-order valence-corrected chi connectivity index (χ1v) is 6.01. The Morgan fingerprint density at radius 2 is 2.47 bits per heavy atom. The molecule has 0 amide bonds. The molecule has 0 saturated heterocycles. The highest BCUT2D eigenvalue weighted by Crippen LogP contribution is 2.35. The number of amidine groups is 1. The second kappa shape index (κ2) is 3.54. The molecule has 0 fully saturated rings. The molecule has 5 heteroatoms. The molecule has 1 aromatic rings. The van der Waals surface area contributed by atoms with Crippen LogP contribution in [0.3, 0.4) is 0 Å². The summed E-state index contributed by atoms with van der Waals surface area (Å²) in [6, 6.07) is 3.99. The standard InChI is InChI=1S/C10H8ClN3S/c11-4-8-6-15-10-13-9-7(5-14(8)10)2-1-3-12-9/h1-3,6H,4-5H2. The van der Waals surface area contributed by atoms with Crippen LogP contribution in [-0.2, 0) is 6.54 Å². The van der Waals surface area contributed by atoms with Crippen molar-refractivity contribution in [3.8, 4) is 0 Å². The lowest BCUT2D eigenvalue weighted by Gasteiger charge is -2.25. The van der Waals surface area contributed by atoms with E-state index in [0.29, 0.717) is 5.88 Å². The average Bonchev–Trinajstić information content (AvgIpc) is 2.68. The fourth-order valence-electron chi connectivity index (χ4n) is 1.65. The lowest BCUT2D eigenvalue weighted by Crippen LogP contribution is -2.27. The molecule has 15 heavy (non-hydrogen) atoms. The van der Waals surface area contributed by atoms with E-state index in [0.717, 1.165) is 28.8 Å². The number of alkyl halides is 1. The summed E-state index contributed by atoms with van der Waals surface area (Å²) >= 11 is 7.47. The van der Waals surface area contributed by atoms with Gasteiger partial charge < -0.3 is 4.90 Å². The summed E-state index contributed by atoms with van der Waals surface area (Å²) in [5.74, 6) is 1.36. The molecule has 3 rings (SSSR count). The molecule has 2 aliphatic rings. The number of nitrogens with zero attached hydrogens (tertiary/aromatic N) is 3. The summed E-state index contributed by atoms with van der Waals surface area (Å²) < 4.78 is 0. The van der Waals surface area contributed by atoms with Gasteiger partial charge in [-0.05, 0) is 11.5 Å². The van der Waals surface area contributed by atoms with Crippen LogP contribution in [0.2, 0.25) is 0 Å². The molecule has 0 atom stereocenters. The summed E-state index contributed by atoms with van der Waals surface area (Å²) in [6.07, 6.45) is 1.77. The molecule has 0 spiro atoms. The fraction of sp³-hybridized carbons (Fsp3) is 0.200. The summed E-state index contributed by atoms with van der Waals surface area (Å²) in [5.41, 5.74) is 2.27. The van der Waals surface area contributed by atoms with Crippen LogP contribution in [-0.4, -0.2) is 20.9 Å². The maximum atomic E-state index is 5.86. The molecule has 0 N–H and O–H groups in total. The molecule has 3 heterocycles. The Morgan fingerprint density at radius 3 is 3.33 bits per heavy atom. The molecular weight excluding hydrogens is 230 g/mol. The quantitative estimate of drug-likeness (QED) is 0.704. The van der Waals surface area contributed by atoms with Crippen LogP contribution in [0.25, 0.3) is 0 Å². The molecule has 2 aliphatic heterocycles. The molecule has 0 radical (unpaired) electrons. The average molecular weight is 238 g/mol. The number of aliphatic imine (C=N–C) groups is 1. The van der Waals surface area contributed by atoms with Crippen LogP contribution in [0.4, 0.5) is 5.82 Å². The van der Waals surface area contributed by atoms with E-state index in [-0.39, 0.29) is 0 Å². The first-order valence-electron chi connectivity index (χ1n) is 4.60. The minimum Gasteiger partial charge on any atom is -0.318 e. The van der Waals surface area contributed by atoms with Crippen LogP contribution in [0.15, 0.2) is 34.4 Å². The monoisotopic (exact) mass is 237 g/mol. The highest BCUT2D eigenvalue weighted by atomic mass is 35.5. The normalized spacial score (nSPS) is 18.1. The Bertz CT molecular complexity index is 469. The van der Waals surface area contributed by atoms with Crippen LogP contribution < -0.4 is 0 Å². The predicted molar refractivity (Wildman–Crippen MR) is 63.3 cm³/mol. The zero-order valence-electron chi connectivity index (χ0n) is 7.85. The maximum Gasteiger partial charge on any atom is 0.175 e. The third-order valence-corrected chi connectivity index (χ3v) is 3.60. The van der Waals surface area contributed by atoms with E-state index >= 15 is 0 Å². The molecule has 0 unspecified atom stereocenters. The van der Waals surface area contributed by atoms with E-state index in [1.165, 1.54) is 0 Å². The van der Waals surface area contributed by atoms with Gasteiger partial charge in [0.05, 0.1) is 12.4 Å². The Labute approximate surface area is 96.9 Å². The second-order valence-corrected chi connectivity index (χ2v) is 4.43. The molecular formula is C10H8ClN3S. The third-order valence-electron chi connectivity index (χ3n) is 2.41. The van der Waals surface area contributed by atoms with Crippen molar-refractivity contribution < 1.29 is 0 Å². The van der Waals surface area contributed by atoms with E-state index in [4.69, 9.17) is 11.6 Å². The van der Waals surface area contributed by atoms with Gasteiger partial charge in [-0.15, -0.1) is 11.6 Å². The first kappa shape index (κ1) is 9.24. The van der Waals surface area contributed by atoms with Gasteiger partial charge in [0.25, 0.3) is 0 Å². The first-order chi connectivity index (χ1) is 7.38. The molecule has 76 valence electrons. The zero-order chi connectivity index (χ0) is 10.3. The van der Waals surface area contributed by atoms with Gasteiger partial charge in [0.15, 0.2) is 11.0 Å². The number of halogens is 1. The van der Waals surface area contributed by atoms with Crippen LogP contribution in [0.1, 0.15) is 5.56 Å². The van der Waals surface area contributed by atoms with Crippen molar-refractivity contribution in [2.24, 2.45) is 4.99 Å². The van der Waals surface area contributed by atoms with Gasteiger partial charge in [-0.25, -0.2) is 9.98 Å². The second-order valence-electron chi connectivity index (χ2n) is 3.33. The van der Waals surface area contributed by atoms with E-state index in [1.54, 1.807) is 18.0 Å². The highest BCUT2D eigenvalue weighted by molar-refractivity contribution is 8.16. The van der Waals surface area contributed by atoms with E-state index in [9.17, 15) is 0 Å². The Kier molecular flexibility index (Phi) is 2.18. The lowest BCUT2D eigenvalue weighted by molar-refractivity contribution is 0.517. The number of pyridine rings is 1. The largest absolute Gasteiger partial charge is 0.318 e. The van der Waals surface area contributed by atoms with Crippen LogP contribution >= 0.6 is 23.4 Å². The van der Waals surface area contributed by atoms with Gasteiger partial charge in [-0.2, -0.15) is 0 Å². The minimum absolute atomic E-state index is 0.529. The summed E-state index contributed by atoms with van der Waals surface area (Å²) in [5, 5.41) is 3.04. The van der Waals surface area contributed by atoms with Crippen molar-refractivity contribution in [3.05, 3.63) is 35.0 Å². The van der Waals surface area contributed by atoms with Crippen molar-refractivity contribution in [2.75, 3.05) is 5.88 Å². The number of hydrogen-bond acceptors (Lipinski definition) is 4. The van der Waals surface area contributed by atoms with Crippen LogP contribution in [0.5, 0.6) is 0 Å². The number of aromatic nitrogens is 1. The highest BCUT2D eigenvalue weighted by Gasteiger charge is 2.27. The number of fused-ring (bicyclic) bond motifs is 2. The van der Waals surface area contributed by atoms with Gasteiger partial charge in [0.2, 0.25) is 0 Å². The lowest BCUT2D eigenvalue weighted by atomic mass is 10.2. The molecule has 0 bridgehead atoms. The van der Waals surface area contributed by atoms with Crippen molar-refractivity contribution in [1.82, 2.24) is 9.88 Å². The Balaban J connectivity index is 2.03. The molecule has 1 aromatic heterocycles. The summed E-state index contributed by atoms with van der Waals surface area (Å²) in [7, 11) is 0. The van der Waals surface area contributed by atoms with Crippen molar-refractivity contribution in [1.29, 1.82) is 0 Å².